The fraction of sp³-hybridized carbons (Fsp3) is 0.438. The van der Waals surface area contributed by atoms with E-state index < -0.39 is 0 Å². The molecule has 0 aliphatic carbocycles. The van der Waals surface area contributed by atoms with Crippen molar-refractivity contribution < 1.29 is 4.39 Å². The highest BCUT2D eigenvalue weighted by molar-refractivity contribution is 5.21. The lowest BCUT2D eigenvalue weighted by molar-refractivity contribution is 0.437. The maximum absolute atomic E-state index is 14.0. The van der Waals surface area contributed by atoms with Crippen LogP contribution in [0.25, 0.3) is 0 Å². The Morgan fingerprint density at radius 3 is 2.80 bits per heavy atom. The third kappa shape index (κ3) is 3.45. The molecule has 108 valence electrons. The number of halogens is 1. The smallest absolute Gasteiger partial charge is 0.128 e. The van der Waals surface area contributed by atoms with E-state index >= 15 is 0 Å². The molecule has 1 N–H and O–H groups in total. The molecule has 0 radical (unpaired) electrons. The van der Waals surface area contributed by atoms with Gasteiger partial charge < -0.3 is 9.88 Å². The minimum atomic E-state index is -0.153. The predicted octanol–water partition coefficient (Wildman–Crippen LogP) is 3.33. The van der Waals surface area contributed by atoms with Gasteiger partial charge in [0, 0.05) is 30.9 Å². The molecule has 0 spiro atoms. The lowest BCUT2D eigenvalue weighted by Crippen LogP contribution is -2.27. The summed E-state index contributed by atoms with van der Waals surface area (Å²) in [5.74, 6) is 0.879. The van der Waals surface area contributed by atoms with E-state index in [1.165, 1.54) is 6.07 Å². The summed E-state index contributed by atoms with van der Waals surface area (Å²) in [6, 6.07) is 6.95. The van der Waals surface area contributed by atoms with Gasteiger partial charge in [0.1, 0.15) is 11.6 Å². The zero-order chi connectivity index (χ0) is 14.4. The Kier molecular flexibility index (Phi) is 5.30. The van der Waals surface area contributed by atoms with E-state index in [1.54, 1.807) is 12.3 Å². The number of aryl methyl sites for hydroxylation is 1. The fourth-order valence-electron chi connectivity index (χ4n) is 2.37. The van der Waals surface area contributed by atoms with E-state index in [1.807, 2.05) is 18.3 Å². The molecule has 2 rings (SSSR count). The molecular weight excluding hydrogens is 253 g/mol. The SMILES string of the molecule is CCCNC(Cn1ccnc1CC)c1ccccc1F. The largest absolute Gasteiger partial charge is 0.333 e. The van der Waals surface area contributed by atoms with Crippen LogP contribution in [0.4, 0.5) is 4.39 Å². The summed E-state index contributed by atoms with van der Waals surface area (Å²) < 4.78 is 16.1. The number of hydrogen-bond acceptors (Lipinski definition) is 2. The molecule has 1 aromatic carbocycles. The Labute approximate surface area is 119 Å². The van der Waals surface area contributed by atoms with Crippen molar-refractivity contribution in [1.82, 2.24) is 14.9 Å². The van der Waals surface area contributed by atoms with Gasteiger partial charge in [-0.15, -0.1) is 0 Å². The normalized spacial score (nSPS) is 12.6. The zero-order valence-corrected chi connectivity index (χ0v) is 12.1. The standard InChI is InChI=1S/C16H22FN3/c1-3-9-18-15(13-7-5-6-8-14(13)17)12-20-11-10-19-16(20)4-2/h5-8,10-11,15,18H,3-4,9,12H2,1-2H3. The van der Waals surface area contributed by atoms with Crippen LogP contribution in [-0.2, 0) is 13.0 Å². The number of nitrogens with one attached hydrogen (secondary N) is 1. The number of hydrogen-bond donors (Lipinski definition) is 1. The Bertz CT molecular complexity index is 536. The highest BCUT2D eigenvalue weighted by atomic mass is 19.1. The molecule has 3 nitrogen and oxygen atoms in total. The first-order valence-electron chi connectivity index (χ1n) is 7.24. The van der Waals surface area contributed by atoms with Gasteiger partial charge in [0.15, 0.2) is 0 Å². The van der Waals surface area contributed by atoms with E-state index in [9.17, 15) is 4.39 Å². The van der Waals surface area contributed by atoms with E-state index in [0.717, 1.165) is 30.8 Å². The first-order chi connectivity index (χ1) is 9.76. The van der Waals surface area contributed by atoms with Crippen molar-refractivity contribution >= 4 is 0 Å². The summed E-state index contributed by atoms with van der Waals surface area (Å²) in [6.45, 7) is 5.76. The Morgan fingerprint density at radius 2 is 2.10 bits per heavy atom. The molecule has 0 aliphatic heterocycles. The average Bonchev–Trinajstić information content (AvgIpc) is 2.91. The maximum Gasteiger partial charge on any atom is 0.128 e. The van der Waals surface area contributed by atoms with Crippen LogP contribution < -0.4 is 5.32 Å². The van der Waals surface area contributed by atoms with Gasteiger partial charge in [-0.2, -0.15) is 0 Å². The van der Waals surface area contributed by atoms with E-state index in [4.69, 9.17) is 0 Å². The first kappa shape index (κ1) is 14.7. The third-order valence-corrected chi connectivity index (χ3v) is 3.42. The minimum Gasteiger partial charge on any atom is -0.333 e. The fourth-order valence-corrected chi connectivity index (χ4v) is 2.37. The van der Waals surface area contributed by atoms with Crippen LogP contribution >= 0.6 is 0 Å². The van der Waals surface area contributed by atoms with Crippen LogP contribution in [0.1, 0.15) is 37.7 Å². The van der Waals surface area contributed by atoms with Gasteiger partial charge in [-0.25, -0.2) is 9.37 Å². The number of aromatic nitrogens is 2. The Morgan fingerprint density at radius 1 is 1.30 bits per heavy atom. The van der Waals surface area contributed by atoms with Crippen molar-refractivity contribution in [1.29, 1.82) is 0 Å². The third-order valence-electron chi connectivity index (χ3n) is 3.42. The van der Waals surface area contributed by atoms with Crippen LogP contribution in [0, 0.1) is 5.82 Å². The maximum atomic E-state index is 14.0. The highest BCUT2D eigenvalue weighted by Crippen LogP contribution is 2.19. The molecule has 20 heavy (non-hydrogen) atoms. The lowest BCUT2D eigenvalue weighted by Gasteiger charge is -2.21. The Balaban J connectivity index is 2.22. The van der Waals surface area contributed by atoms with E-state index in [2.05, 4.69) is 28.7 Å². The van der Waals surface area contributed by atoms with Gasteiger partial charge in [-0.05, 0) is 19.0 Å². The van der Waals surface area contributed by atoms with Crippen molar-refractivity contribution in [3.05, 3.63) is 53.9 Å². The molecule has 1 unspecified atom stereocenters. The molecule has 0 amide bonds. The summed E-state index contributed by atoms with van der Waals surface area (Å²) >= 11 is 0. The van der Waals surface area contributed by atoms with Crippen molar-refractivity contribution in [3.63, 3.8) is 0 Å². The molecule has 4 heteroatoms. The van der Waals surface area contributed by atoms with Crippen LogP contribution in [-0.4, -0.2) is 16.1 Å². The summed E-state index contributed by atoms with van der Waals surface area (Å²) in [7, 11) is 0. The van der Waals surface area contributed by atoms with Crippen LogP contribution in [0.3, 0.4) is 0 Å². The van der Waals surface area contributed by atoms with Crippen LogP contribution in [0.15, 0.2) is 36.7 Å². The topological polar surface area (TPSA) is 29.9 Å². The number of benzene rings is 1. The first-order valence-corrected chi connectivity index (χ1v) is 7.24. The lowest BCUT2D eigenvalue weighted by atomic mass is 10.1. The molecule has 0 aliphatic rings. The second-order valence-corrected chi connectivity index (χ2v) is 4.88. The van der Waals surface area contributed by atoms with Gasteiger partial charge in [0.2, 0.25) is 0 Å². The van der Waals surface area contributed by atoms with Crippen molar-refractivity contribution in [2.24, 2.45) is 0 Å². The molecule has 1 aromatic heterocycles. The monoisotopic (exact) mass is 275 g/mol. The predicted molar refractivity (Wildman–Crippen MR) is 79.0 cm³/mol. The molecule has 0 fully saturated rings. The van der Waals surface area contributed by atoms with Gasteiger partial charge in [0.25, 0.3) is 0 Å². The molecule has 0 saturated carbocycles. The second kappa shape index (κ2) is 7.20. The van der Waals surface area contributed by atoms with E-state index in [-0.39, 0.29) is 11.9 Å². The van der Waals surface area contributed by atoms with Crippen molar-refractivity contribution in [2.45, 2.75) is 39.3 Å². The summed E-state index contributed by atoms with van der Waals surface area (Å²) in [4.78, 5) is 4.33. The average molecular weight is 275 g/mol. The summed E-state index contributed by atoms with van der Waals surface area (Å²) in [6.07, 6.45) is 5.66. The van der Waals surface area contributed by atoms with Gasteiger partial charge >= 0.3 is 0 Å². The van der Waals surface area contributed by atoms with Crippen LogP contribution in [0.5, 0.6) is 0 Å². The molecule has 2 aromatic rings. The van der Waals surface area contributed by atoms with Gasteiger partial charge in [0.05, 0.1) is 6.04 Å². The molecule has 1 heterocycles. The summed E-state index contributed by atoms with van der Waals surface area (Å²) in [5, 5.41) is 3.43. The molecule has 0 saturated heterocycles. The van der Waals surface area contributed by atoms with Gasteiger partial charge in [-0.3, -0.25) is 0 Å². The Hall–Kier alpha value is -1.68. The van der Waals surface area contributed by atoms with Gasteiger partial charge in [-0.1, -0.05) is 32.0 Å². The molecular formula is C16H22FN3. The quantitative estimate of drug-likeness (QED) is 0.840. The van der Waals surface area contributed by atoms with Crippen molar-refractivity contribution in [3.8, 4) is 0 Å². The molecule has 1 atom stereocenters. The number of rotatable bonds is 7. The summed E-state index contributed by atoms with van der Waals surface area (Å²) in [5.41, 5.74) is 0.719. The van der Waals surface area contributed by atoms with Crippen LogP contribution in [0.2, 0.25) is 0 Å². The number of nitrogens with zero attached hydrogens (tertiary/aromatic N) is 2. The zero-order valence-electron chi connectivity index (χ0n) is 12.1. The van der Waals surface area contributed by atoms with E-state index in [0.29, 0.717) is 6.54 Å². The second-order valence-electron chi connectivity index (χ2n) is 4.88. The number of imidazole rings is 1. The minimum absolute atomic E-state index is 0.0318. The van der Waals surface area contributed by atoms with Crippen molar-refractivity contribution in [2.75, 3.05) is 6.54 Å². The molecule has 0 bridgehead atoms. The highest BCUT2D eigenvalue weighted by Gasteiger charge is 2.16.